The molecule has 1 heterocycles. The maximum absolute atomic E-state index is 12.3. The first-order valence-electron chi connectivity index (χ1n) is 18.4. The first-order chi connectivity index (χ1) is 25.8. The van der Waals surface area contributed by atoms with Crippen LogP contribution in [0.1, 0.15) is 69.6 Å². The van der Waals surface area contributed by atoms with E-state index in [2.05, 4.69) is 152 Å². The third-order valence-corrected chi connectivity index (χ3v) is 11.9. The molecule has 0 amide bonds. The van der Waals surface area contributed by atoms with Crippen LogP contribution in [0, 0.1) is 6.92 Å². The standard InChI is InChI=1S/C49H42N2O2/c1-32-27-34(47(53)45(28-32)49(3)42-23-10-6-19-38(42)39-20-7-11-24-43(39)49)30-51(31-35-16-12-13-26-50-35)29-33-15-14-25-44(46(33)52)48(2)40-21-8-4-17-36(40)37-18-5-9-22-41(37)48/h4-28,52-53H,29-31H2,1-3H3. The average molecular weight is 691 g/mol. The first-order valence-corrected chi connectivity index (χ1v) is 18.4. The lowest BCUT2D eigenvalue weighted by molar-refractivity contribution is 0.237. The zero-order valence-electron chi connectivity index (χ0n) is 30.3. The minimum atomic E-state index is -0.528. The zero-order chi connectivity index (χ0) is 36.3. The Morgan fingerprint density at radius 3 is 1.45 bits per heavy atom. The molecule has 0 unspecified atom stereocenters. The van der Waals surface area contributed by atoms with Gasteiger partial charge >= 0.3 is 0 Å². The number of hydrogen-bond acceptors (Lipinski definition) is 4. The number of aromatic hydroxyl groups is 2. The summed E-state index contributed by atoms with van der Waals surface area (Å²) in [5.41, 5.74) is 14.0. The Bertz CT molecular complexity index is 2430. The summed E-state index contributed by atoms with van der Waals surface area (Å²) in [5.74, 6) is 0.605. The molecule has 0 saturated carbocycles. The van der Waals surface area contributed by atoms with Crippen molar-refractivity contribution in [1.29, 1.82) is 0 Å². The molecular formula is C49H42N2O2. The molecule has 260 valence electrons. The fourth-order valence-electron chi connectivity index (χ4n) is 9.33. The number of hydrogen-bond donors (Lipinski definition) is 2. The van der Waals surface area contributed by atoms with Crippen LogP contribution in [0.4, 0.5) is 0 Å². The molecule has 2 aliphatic carbocycles. The van der Waals surface area contributed by atoms with E-state index in [1.54, 1.807) is 0 Å². The van der Waals surface area contributed by atoms with Crippen LogP contribution in [-0.4, -0.2) is 20.1 Å². The topological polar surface area (TPSA) is 56.6 Å². The lowest BCUT2D eigenvalue weighted by Crippen LogP contribution is -2.26. The van der Waals surface area contributed by atoms with Gasteiger partial charge < -0.3 is 10.2 Å². The van der Waals surface area contributed by atoms with Gasteiger partial charge in [0.25, 0.3) is 0 Å². The number of benzene rings is 6. The van der Waals surface area contributed by atoms with Crippen LogP contribution in [0.2, 0.25) is 0 Å². The number of fused-ring (bicyclic) bond motifs is 6. The molecule has 2 aliphatic rings. The predicted molar refractivity (Wildman–Crippen MR) is 213 cm³/mol. The molecule has 4 heteroatoms. The normalized spacial score (nSPS) is 14.4. The van der Waals surface area contributed by atoms with Crippen LogP contribution < -0.4 is 0 Å². The van der Waals surface area contributed by atoms with Gasteiger partial charge in [0.05, 0.1) is 5.69 Å². The number of aromatic nitrogens is 1. The van der Waals surface area contributed by atoms with Gasteiger partial charge in [-0.3, -0.25) is 9.88 Å². The van der Waals surface area contributed by atoms with Crippen LogP contribution in [-0.2, 0) is 30.5 Å². The van der Waals surface area contributed by atoms with Gasteiger partial charge in [-0.05, 0) is 77.4 Å². The molecule has 0 fully saturated rings. The number of aryl methyl sites for hydroxylation is 1. The molecule has 7 aromatic rings. The van der Waals surface area contributed by atoms with Crippen molar-refractivity contribution < 1.29 is 10.2 Å². The van der Waals surface area contributed by atoms with Crippen molar-refractivity contribution in [2.45, 2.75) is 51.2 Å². The Labute approximate surface area is 311 Å². The van der Waals surface area contributed by atoms with Crippen molar-refractivity contribution in [3.63, 3.8) is 0 Å². The van der Waals surface area contributed by atoms with Crippen molar-refractivity contribution in [1.82, 2.24) is 9.88 Å². The minimum Gasteiger partial charge on any atom is -0.507 e. The molecule has 6 aromatic carbocycles. The molecule has 0 atom stereocenters. The molecule has 9 rings (SSSR count). The van der Waals surface area contributed by atoms with E-state index in [0.29, 0.717) is 31.1 Å². The number of nitrogens with zero attached hydrogens (tertiary/aromatic N) is 2. The summed E-state index contributed by atoms with van der Waals surface area (Å²) in [6, 6.07) is 50.6. The molecular weight excluding hydrogens is 649 g/mol. The lowest BCUT2D eigenvalue weighted by atomic mass is 9.73. The van der Waals surface area contributed by atoms with Gasteiger partial charge in [-0.25, -0.2) is 0 Å². The summed E-state index contributed by atoms with van der Waals surface area (Å²) in [5, 5.41) is 24.6. The van der Waals surface area contributed by atoms with Gasteiger partial charge in [-0.1, -0.05) is 139 Å². The molecule has 1 aromatic heterocycles. The Morgan fingerprint density at radius 2 is 0.925 bits per heavy atom. The zero-order valence-corrected chi connectivity index (χ0v) is 30.3. The highest BCUT2D eigenvalue weighted by Crippen LogP contribution is 2.56. The maximum atomic E-state index is 12.3. The molecule has 2 N–H and O–H groups in total. The number of para-hydroxylation sites is 1. The van der Waals surface area contributed by atoms with Crippen LogP contribution in [0.3, 0.4) is 0 Å². The van der Waals surface area contributed by atoms with E-state index in [4.69, 9.17) is 0 Å². The van der Waals surface area contributed by atoms with E-state index in [0.717, 1.165) is 33.5 Å². The summed E-state index contributed by atoms with van der Waals surface area (Å²) >= 11 is 0. The highest BCUT2D eigenvalue weighted by atomic mass is 16.3. The molecule has 53 heavy (non-hydrogen) atoms. The van der Waals surface area contributed by atoms with Crippen molar-refractivity contribution in [3.05, 3.63) is 208 Å². The minimum absolute atomic E-state index is 0.299. The van der Waals surface area contributed by atoms with Crippen LogP contribution in [0.25, 0.3) is 22.3 Å². The van der Waals surface area contributed by atoms with Crippen LogP contribution in [0.15, 0.2) is 152 Å². The summed E-state index contributed by atoms with van der Waals surface area (Å²) in [6.07, 6.45) is 1.82. The van der Waals surface area contributed by atoms with Gasteiger partial charge in [0.1, 0.15) is 11.5 Å². The molecule has 0 aliphatic heterocycles. The summed E-state index contributed by atoms with van der Waals surface area (Å²) in [6.45, 7) is 8.04. The predicted octanol–water partition coefficient (Wildman–Crippen LogP) is 10.7. The Hall–Kier alpha value is -5.97. The van der Waals surface area contributed by atoms with Gasteiger partial charge in [-0.15, -0.1) is 0 Å². The first kappa shape index (κ1) is 32.9. The SMILES string of the molecule is Cc1cc(CN(Cc2ccccn2)Cc2cccc(C3(C)c4ccccc4-c4ccccc43)c2O)c(O)c(C2(C)c3ccccc3-c3ccccc32)c1. The van der Waals surface area contributed by atoms with Gasteiger partial charge in [-0.2, -0.15) is 0 Å². The van der Waals surface area contributed by atoms with Crippen molar-refractivity contribution >= 4 is 0 Å². The molecule has 4 nitrogen and oxygen atoms in total. The summed E-state index contributed by atoms with van der Waals surface area (Å²) in [4.78, 5) is 6.96. The van der Waals surface area contributed by atoms with Crippen molar-refractivity contribution in [2.75, 3.05) is 0 Å². The third-order valence-electron chi connectivity index (χ3n) is 11.9. The van der Waals surface area contributed by atoms with Crippen molar-refractivity contribution in [3.8, 4) is 33.8 Å². The smallest absolute Gasteiger partial charge is 0.124 e. The second-order valence-electron chi connectivity index (χ2n) is 15.0. The fraction of sp³-hybridized carbons (Fsp3) is 0.163. The van der Waals surface area contributed by atoms with E-state index in [1.165, 1.54) is 44.5 Å². The third kappa shape index (κ3) is 5.12. The summed E-state index contributed by atoms with van der Waals surface area (Å²) < 4.78 is 0. The highest BCUT2D eigenvalue weighted by Gasteiger charge is 2.44. The molecule has 0 saturated heterocycles. The van der Waals surface area contributed by atoms with E-state index in [-0.39, 0.29) is 0 Å². The van der Waals surface area contributed by atoms with E-state index < -0.39 is 10.8 Å². The number of phenols is 2. The lowest BCUT2D eigenvalue weighted by Gasteiger charge is -2.32. The Morgan fingerprint density at radius 1 is 0.472 bits per heavy atom. The molecule has 0 spiro atoms. The van der Waals surface area contributed by atoms with E-state index in [1.807, 2.05) is 30.5 Å². The van der Waals surface area contributed by atoms with Crippen LogP contribution in [0.5, 0.6) is 11.5 Å². The van der Waals surface area contributed by atoms with Gasteiger partial charge in [0.15, 0.2) is 0 Å². The van der Waals surface area contributed by atoms with Gasteiger partial charge in [0.2, 0.25) is 0 Å². The van der Waals surface area contributed by atoms with E-state index in [9.17, 15) is 10.2 Å². The Kier molecular flexibility index (Phi) is 7.83. The Balaban J connectivity index is 1.13. The number of pyridine rings is 1. The monoisotopic (exact) mass is 690 g/mol. The highest BCUT2D eigenvalue weighted by molar-refractivity contribution is 5.85. The average Bonchev–Trinajstić information content (AvgIpc) is 3.61. The second-order valence-corrected chi connectivity index (χ2v) is 15.0. The largest absolute Gasteiger partial charge is 0.507 e. The van der Waals surface area contributed by atoms with Crippen molar-refractivity contribution in [2.24, 2.45) is 0 Å². The fourth-order valence-corrected chi connectivity index (χ4v) is 9.33. The second kappa shape index (κ2) is 12.6. The van der Waals surface area contributed by atoms with Crippen LogP contribution >= 0.6 is 0 Å². The molecule has 0 bridgehead atoms. The molecule has 0 radical (unpaired) electrons. The summed E-state index contributed by atoms with van der Waals surface area (Å²) in [7, 11) is 0. The number of phenolic OH excluding ortho intramolecular Hbond substituents is 2. The number of rotatable bonds is 8. The van der Waals surface area contributed by atoms with E-state index >= 15 is 0 Å². The van der Waals surface area contributed by atoms with Gasteiger partial charge in [0, 0.05) is 58.9 Å². The maximum Gasteiger partial charge on any atom is 0.124 e. The quantitative estimate of drug-likeness (QED) is 0.167.